The number of hydrogen-bond acceptors (Lipinski definition) is 2. The van der Waals surface area contributed by atoms with Crippen LogP contribution in [0.5, 0.6) is 5.75 Å². The molecule has 1 aromatic carbocycles. The van der Waals surface area contributed by atoms with E-state index in [0.717, 1.165) is 25.0 Å². The molecule has 2 atom stereocenters. The van der Waals surface area contributed by atoms with Crippen LogP contribution in [-0.2, 0) is 12.8 Å². The summed E-state index contributed by atoms with van der Waals surface area (Å²) in [4.78, 5) is 0. The van der Waals surface area contributed by atoms with E-state index < -0.39 is 0 Å². The maximum Gasteiger partial charge on any atom is 0.120 e. The van der Waals surface area contributed by atoms with Crippen molar-refractivity contribution in [1.82, 2.24) is 0 Å². The molecule has 2 aliphatic carbocycles. The van der Waals surface area contributed by atoms with E-state index in [1.54, 1.807) is 0 Å². The van der Waals surface area contributed by atoms with Gasteiger partial charge >= 0.3 is 0 Å². The van der Waals surface area contributed by atoms with Crippen LogP contribution in [0.15, 0.2) is 18.2 Å². The van der Waals surface area contributed by atoms with Crippen molar-refractivity contribution < 1.29 is 4.74 Å². The Hall–Kier alpha value is -1.02. The molecule has 0 aliphatic heterocycles. The van der Waals surface area contributed by atoms with E-state index in [2.05, 4.69) is 32.0 Å². The van der Waals surface area contributed by atoms with Gasteiger partial charge in [-0.1, -0.05) is 19.9 Å². The molecule has 2 unspecified atom stereocenters. The molecule has 2 N–H and O–H groups in total. The molecule has 0 heterocycles. The van der Waals surface area contributed by atoms with E-state index >= 15 is 0 Å². The molecule has 0 saturated heterocycles. The van der Waals surface area contributed by atoms with Crippen LogP contribution in [0.3, 0.4) is 0 Å². The Kier molecular flexibility index (Phi) is 3.76. The first-order valence-corrected chi connectivity index (χ1v) is 8.23. The lowest BCUT2D eigenvalue weighted by Gasteiger charge is -2.53. The van der Waals surface area contributed by atoms with Crippen molar-refractivity contribution in [3.05, 3.63) is 29.3 Å². The zero-order chi connectivity index (χ0) is 14.2. The number of benzene rings is 1. The molecule has 1 aromatic rings. The Bertz CT molecular complexity index is 478. The summed E-state index contributed by atoms with van der Waals surface area (Å²) in [5.74, 6) is 1.05. The summed E-state index contributed by atoms with van der Waals surface area (Å²) in [5.41, 5.74) is 9.46. The first kappa shape index (κ1) is 13.9. The largest absolute Gasteiger partial charge is 0.490 e. The Balaban J connectivity index is 1.75. The van der Waals surface area contributed by atoms with Gasteiger partial charge in [0.15, 0.2) is 0 Å². The predicted molar refractivity (Wildman–Crippen MR) is 83.1 cm³/mol. The highest BCUT2D eigenvalue weighted by molar-refractivity contribution is 5.37. The fraction of sp³-hybridized carbons (Fsp3) is 0.667. The van der Waals surface area contributed by atoms with E-state index in [9.17, 15) is 0 Å². The predicted octanol–water partition coefficient (Wildman–Crippen LogP) is 3.85. The van der Waals surface area contributed by atoms with Crippen LogP contribution in [0.25, 0.3) is 0 Å². The summed E-state index contributed by atoms with van der Waals surface area (Å²) in [6.45, 7) is 4.48. The fourth-order valence-corrected chi connectivity index (χ4v) is 4.12. The highest BCUT2D eigenvalue weighted by Gasteiger charge is 2.52. The van der Waals surface area contributed by atoms with Gasteiger partial charge in [0.2, 0.25) is 0 Å². The third-order valence-corrected chi connectivity index (χ3v) is 5.76. The molecule has 0 bridgehead atoms. The zero-order valence-corrected chi connectivity index (χ0v) is 12.8. The normalized spacial score (nSPS) is 27.6. The van der Waals surface area contributed by atoms with E-state index in [4.69, 9.17) is 10.5 Å². The van der Waals surface area contributed by atoms with Gasteiger partial charge in [0.05, 0.1) is 0 Å². The van der Waals surface area contributed by atoms with E-state index in [0.29, 0.717) is 12.1 Å². The minimum absolute atomic E-state index is 0.190. The number of hydrogen-bond donors (Lipinski definition) is 1. The van der Waals surface area contributed by atoms with Gasteiger partial charge in [-0.05, 0) is 61.8 Å². The third-order valence-electron chi connectivity index (χ3n) is 5.76. The second-order valence-corrected chi connectivity index (χ2v) is 6.53. The van der Waals surface area contributed by atoms with Crippen LogP contribution >= 0.6 is 0 Å². The molecule has 0 amide bonds. The van der Waals surface area contributed by atoms with Crippen molar-refractivity contribution in [2.45, 2.75) is 70.9 Å². The molecule has 110 valence electrons. The summed E-state index contributed by atoms with van der Waals surface area (Å²) in [6, 6.07) is 7.00. The van der Waals surface area contributed by atoms with E-state index in [-0.39, 0.29) is 5.41 Å². The van der Waals surface area contributed by atoms with Crippen LogP contribution in [0.2, 0.25) is 0 Å². The maximum atomic E-state index is 6.30. The van der Waals surface area contributed by atoms with Crippen LogP contribution in [0, 0.1) is 5.41 Å². The Morgan fingerprint density at radius 1 is 1.15 bits per heavy atom. The Morgan fingerprint density at radius 3 is 2.50 bits per heavy atom. The summed E-state index contributed by atoms with van der Waals surface area (Å²) in [6.07, 6.45) is 8.62. The minimum atomic E-state index is 0.190. The van der Waals surface area contributed by atoms with Gasteiger partial charge in [0.25, 0.3) is 0 Å². The molecular formula is C18H27NO. The molecule has 1 fully saturated rings. The topological polar surface area (TPSA) is 35.2 Å². The van der Waals surface area contributed by atoms with E-state index in [1.807, 2.05) is 0 Å². The monoisotopic (exact) mass is 273 g/mol. The fourth-order valence-electron chi connectivity index (χ4n) is 4.12. The standard InChI is InChI=1S/C18H27NO/c1-3-18(4-2)16(19)12-17(18)20-15-10-9-13-7-5-6-8-14(13)11-15/h9-11,16-17H,3-8,12,19H2,1-2H3. The molecule has 3 rings (SSSR count). The lowest BCUT2D eigenvalue weighted by molar-refractivity contribution is -0.0722. The van der Waals surface area contributed by atoms with Gasteiger partial charge in [-0.3, -0.25) is 0 Å². The highest BCUT2D eigenvalue weighted by atomic mass is 16.5. The molecule has 2 heteroatoms. The average Bonchev–Trinajstić information content (AvgIpc) is 2.48. The van der Waals surface area contributed by atoms with Gasteiger partial charge in [-0.25, -0.2) is 0 Å². The van der Waals surface area contributed by atoms with E-state index in [1.165, 1.54) is 36.8 Å². The lowest BCUT2D eigenvalue weighted by Crippen LogP contribution is -2.62. The molecule has 20 heavy (non-hydrogen) atoms. The minimum Gasteiger partial charge on any atom is -0.490 e. The molecule has 0 aromatic heterocycles. The van der Waals surface area contributed by atoms with Crippen molar-refractivity contribution in [1.29, 1.82) is 0 Å². The van der Waals surface area contributed by atoms with Gasteiger partial charge in [-0.2, -0.15) is 0 Å². The van der Waals surface area contributed by atoms with Crippen LogP contribution in [0.1, 0.15) is 57.1 Å². The molecule has 0 spiro atoms. The van der Waals surface area contributed by atoms with Crippen molar-refractivity contribution in [2.24, 2.45) is 11.1 Å². The van der Waals surface area contributed by atoms with Gasteiger partial charge in [0, 0.05) is 17.9 Å². The Labute approximate surface area is 122 Å². The summed E-state index contributed by atoms with van der Waals surface area (Å²) >= 11 is 0. The van der Waals surface area contributed by atoms with Crippen molar-refractivity contribution in [3.8, 4) is 5.75 Å². The van der Waals surface area contributed by atoms with Crippen LogP contribution in [0.4, 0.5) is 0 Å². The summed E-state index contributed by atoms with van der Waals surface area (Å²) in [5, 5.41) is 0. The van der Waals surface area contributed by atoms with Crippen LogP contribution < -0.4 is 10.5 Å². The molecule has 2 nitrogen and oxygen atoms in total. The summed E-state index contributed by atoms with van der Waals surface area (Å²) in [7, 11) is 0. The SMILES string of the molecule is CCC1(CC)C(N)CC1Oc1ccc2c(c1)CCCC2. The average molecular weight is 273 g/mol. The van der Waals surface area contributed by atoms with Crippen molar-refractivity contribution >= 4 is 0 Å². The lowest BCUT2D eigenvalue weighted by atomic mass is 9.59. The molecule has 2 aliphatic rings. The van der Waals surface area contributed by atoms with Gasteiger partial charge in [0.1, 0.15) is 11.9 Å². The molecule has 0 radical (unpaired) electrons. The highest BCUT2D eigenvalue weighted by Crippen LogP contribution is 2.48. The van der Waals surface area contributed by atoms with Crippen molar-refractivity contribution in [2.75, 3.05) is 0 Å². The Morgan fingerprint density at radius 2 is 1.85 bits per heavy atom. The first-order valence-electron chi connectivity index (χ1n) is 8.23. The second kappa shape index (κ2) is 5.40. The maximum absolute atomic E-state index is 6.30. The summed E-state index contributed by atoms with van der Waals surface area (Å²) < 4.78 is 6.30. The number of fused-ring (bicyclic) bond motifs is 1. The first-order chi connectivity index (χ1) is 9.69. The van der Waals surface area contributed by atoms with Gasteiger partial charge in [-0.15, -0.1) is 0 Å². The third kappa shape index (κ3) is 2.14. The van der Waals surface area contributed by atoms with Gasteiger partial charge < -0.3 is 10.5 Å². The smallest absolute Gasteiger partial charge is 0.120 e. The quantitative estimate of drug-likeness (QED) is 0.904. The number of rotatable bonds is 4. The second-order valence-electron chi connectivity index (χ2n) is 6.53. The van der Waals surface area contributed by atoms with Crippen molar-refractivity contribution in [3.63, 3.8) is 0 Å². The number of nitrogens with two attached hydrogens (primary N) is 1. The molecule has 1 saturated carbocycles. The number of ether oxygens (including phenoxy) is 1. The molecular weight excluding hydrogens is 246 g/mol. The van der Waals surface area contributed by atoms with Crippen LogP contribution in [-0.4, -0.2) is 12.1 Å². The number of aryl methyl sites for hydroxylation is 2. The zero-order valence-electron chi connectivity index (χ0n) is 12.8.